The van der Waals surface area contributed by atoms with E-state index in [0.29, 0.717) is 24.8 Å². The van der Waals surface area contributed by atoms with Gasteiger partial charge < -0.3 is 20.5 Å². The molecular weight excluding hydrogens is 292 g/mol. The number of hydrogen-bond donors (Lipinski definition) is 2. The maximum Gasteiger partial charge on any atom is 0.224 e. The van der Waals surface area contributed by atoms with Crippen LogP contribution in [0.25, 0.3) is 0 Å². The average molecular weight is 322 g/mol. The Labute approximate surface area is 139 Å². The maximum absolute atomic E-state index is 11.9. The van der Waals surface area contributed by atoms with Gasteiger partial charge in [-0.3, -0.25) is 4.79 Å². The fraction of sp³-hybridized carbons (Fsp3) is 0.611. The minimum atomic E-state index is -0.212. The van der Waals surface area contributed by atoms with E-state index in [4.69, 9.17) is 15.2 Å². The van der Waals surface area contributed by atoms with Crippen LogP contribution in [0.2, 0.25) is 0 Å². The normalized spacial score (nSPS) is 13.5. The molecule has 0 aliphatic heterocycles. The lowest BCUT2D eigenvalue weighted by Crippen LogP contribution is -2.38. The van der Waals surface area contributed by atoms with E-state index in [9.17, 15) is 4.79 Å². The fourth-order valence-electron chi connectivity index (χ4n) is 1.93. The Morgan fingerprint density at radius 2 is 1.91 bits per heavy atom. The van der Waals surface area contributed by atoms with E-state index in [1.165, 1.54) is 0 Å². The summed E-state index contributed by atoms with van der Waals surface area (Å²) in [6.45, 7) is 9.09. The molecule has 0 saturated carbocycles. The van der Waals surface area contributed by atoms with Gasteiger partial charge in [0.1, 0.15) is 0 Å². The second-order valence-electron chi connectivity index (χ2n) is 6.38. The Morgan fingerprint density at radius 1 is 1.22 bits per heavy atom. The highest BCUT2D eigenvalue weighted by atomic mass is 16.5. The zero-order valence-electron chi connectivity index (χ0n) is 14.9. The van der Waals surface area contributed by atoms with E-state index in [1.54, 1.807) is 7.11 Å². The van der Waals surface area contributed by atoms with Crippen LogP contribution in [0.1, 0.15) is 39.7 Å². The van der Waals surface area contributed by atoms with Gasteiger partial charge in [0.05, 0.1) is 13.7 Å². The van der Waals surface area contributed by atoms with Crippen LogP contribution in [0.5, 0.6) is 11.5 Å². The van der Waals surface area contributed by atoms with E-state index in [2.05, 4.69) is 19.2 Å². The molecule has 23 heavy (non-hydrogen) atoms. The minimum Gasteiger partial charge on any atom is -0.493 e. The summed E-state index contributed by atoms with van der Waals surface area (Å²) in [5.41, 5.74) is 6.70. The van der Waals surface area contributed by atoms with Crippen molar-refractivity contribution in [3.63, 3.8) is 0 Å². The molecule has 5 heteroatoms. The van der Waals surface area contributed by atoms with Gasteiger partial charge in [0.25, 0.3) is 0 Å². The van der Waals surface area contributed by atoms with Gasteiger partial charge in [-0.25, -0.2) is 0 Å². The lowest BCUT2D eigenvalue weighted by atomic mass is 10.0. The van der Waals surface area contributed by atoms with E-state index < -0.39 is 0 Å². The number of amides is 1. The van der Waals surface area contributed by atoms with Crippen molar-refractivity contribution in [3.05, 3.63) is 23.8 Å². The van der Waals surface area contributed by atoms with Crippen molar-refractivity contribution >= 4 is 5.91 Å². The molecule has 130 valence electrons. The zero-order valence-corrected chi connectivity index (χ0v) is 14.9. The van der Waals surface area contributed by atoms with Crippen molar-refractivity contribution in [2.45, 2.75) is 46.7 Å². The van der Waals surface area contributed by atoms with Crippen LogP contribution in [0.4, 0.5) is 0 Å². The highest BCUT2D eigenvalue weighted by molar-refractivity contribution is 5.78. The Hall–Kier alpha value is -1.75. The van der Waals surface area contributed by atoms with Crippen molar-refractivity contribution in [2.24, 2.45) is 17.6 Å². The molecule has 2 unspecified atom stereocenters. The van der Waals surface area contributed by atoms with Crippen molar-refractivity contribution in [3.8, 4) is 11.5 Å². The molecule has 1 aromatic carbocycles. The number of nitrogens with two attached hydrogens (primary N) is 1. The van der Waals surface area contributed by atoms with Crippen LogP contribution in [0.15, 0.2) is 18.2 Å². The predicted molar refractivity (Wildman–Crippen MR) is 92.6 cm³/mol. The number of nitrogens with one attached hydrogen (secondary N) is 1. The maximum atomic E-state index is 11.9. The number of benzene rings is 1. The molecular formula is C18H30N2O3. The Morgan fingerprint density at radius 3 is 2.48 bits per heavy atom. The lowest BCUT2D eigenvalue weighted by molar-refractivity contribution is -0.125. The minimum absolute atomic E-state index is 0.0452. The first kappa shape index (κ1) is 19.3. The molecule has 2 atom stereocenters. The SMILES string of the molecule is COc1cc(CNC(=O)C(C)C(C)N)ccc1OCCC(C)C. The molecule has 0 spiro atoms. The molecule has 3 N–H and O–H groups in total. The van der Waals surface area contributed by atoms with Gasteiger partial charge in [-0.1, -0.05) is 26.8 Å². The molecule has 1 aromatic rings. The molecule has 0 bridgehead atoms. The van der Waals surface area contributed by atoms with Crippen molar-refractivity contribution in [2.75, 3.05) is 13.7 Å². The first-order valence-corrected chi connectivity index (χ1v) is 8.18. The summed E-state index contributed by atoms with van der Waals surface area (Å²) in [7, 11) is 1.62. The van der Waals surface area contributed by atoms with Gasteiger partial charge in [0.2, 0.25) is 5.91 Å². The van der Waals surface area contributed by atoms with Crippen LogP contribution in [-0.2, 0) is 11.3 Å². The highest BCUT2D eigenvalue weighted by Crippen LogP contribution is 2.28. The van der Waals surface area contributed by atoms with Gasteiger partial charge in [-0.2, -0.15) is 0 Å². The molecule has 5 nitrogen and oxygen atoms in total. The van der Waals surface area contributed by atoms with Crippen LogP contribution >= 0.6 is 0 Å². The molecule has 0 aromatic heterocycles. The van der Waals surface area contributed by atoms with Crippen LogP contribution in [0, 0.1) is 11.8 Å². The highest BCUT2D eigenvalue weighted by Gasteiger charge is 2.16. The lowest BCUT2D eigenvalue weighted by Gasteiger charge is -2.16. The third-order valence-electron chi connectivity index (χ3n) is 3.85. The predicted octanol–water partition coefficient (Wildman–Crippen LogP) is 2.72. The smallest absolute Gasteiger partial charge is 0.224 e. The molecule has 0 heterocycles. The van der Waals surface area contributed by atoms with Gasteiger partial charge in [-0.05, 0) is 37.0 Å². The van der Waals surface area contributed by atoms with Gasteiger partial charge in [0.15, 0.2) is 11.5 Å². The third kappa shape index (κ3) is 6.48. The topological polar surface area (TPSA) is 73.6 Å². The van der Waals surface area contributed by atoms with Crippen molar-refractivity contribution < 1.29 is 14.3 Å². The molecule has 0 saturated heterocycles. The summed E-state index contributed by atoms with van der Waals surface area (Å²) >= 11 is 0. The first-order valence-electron chi connectivity index (χ1n) is 8.18. The Balaban J connectivity index is 2.63. The summed E-state index contributed by atoms with van der Waals surface area (Å²) in [6.07, 6.45) is 0.996. The summed E-state index contributed by atoms with van der Waals surface area (Å²) < 4.78 is 11.1. The monoisotopic (exact) mass is 322 g/mol. The van der Waals surface area contributed by atoms with Crippen molar-refractivity contribution in [1.82, 2.24) is 5.32 Å². The van der Waals surface area contributed by atoms with E-state index >= 15 is 0 Å². The second-order valence-corrected chi connectivity index (χ2v) is 6.38. The number of rotatable bonds is 9. The molecule has 0 aliphatic rings. The first-order chi connectivity index (χ1) is 10.8. The van der Waals surface area contributed by atoms with Gasteiger partial charge in [0, 0.05) is 18.5 Å². The van der Waals surface area contributed by atoms with E-state index in [-0.39, 0.29) is 17.9 Å². The van der Waals surface area contributed by atoms with E-state index in [0.717, 1.165) is 17.7 Å². The number of carbonyl (C=O) groups excluding carboxylic acids is 1. The van der Waals surface area contributed by atoms with Crippen molar-refractivity contribution in [1.29, 1.82) is 0 Å². The summed E-state index contributed by atoms with van der Waals surface area (Å²) in [5, 5.41) is 2.89. The van der Waals surface area contributed by atoms with Crippen LogP contribution in [0.3, 0.4) is 0 Å². The molecule has 0 aliphatic carbocycles. The molecule has 1 amide bonds. The Kier molecular flexibility index (Phi) is 7.89. The summed E-state index contributed by atoms with van der Waals surface area (Å²) in [6, 6.07) is 5.54. The van der Waals surface area contributed by atoms with Gasteiger partial charge in [-0.15, -0.1) is 0 Å². The average Bonchev–Trinajstić information content (AvgIpc) is 2.52. The quantitative estimate of drug-likeness (QED) is 0.733. The fourth-order valence-corrected chi connectivity index (χ4v) is 1.93. The second kappa shape index (κ2) is 9.40. The molecule has 0 fully saturated rings. The third-order valence-corrected chi connectivity index (χ3v) is 3.85. The standard InChI is InChI=1S/C18H30N2O3/c1-12(2)8-9-23-16-7-6-15(10-17(16)22-5)11-20-18(21)13(3)14(4)19/h6-7,10,12-14H,8-9,11,19H2,1-5H3,(H,20,21). The number of carbonyl (C=O) groups is 1. The van der Waals surface area contributed by atoms with Crippen LogP contribution < -0.4 is 20.5 Å². The van der Waals surface area contributed by atoms with Gasteiger partial charge >= 0.3 is 0 Å². The number of ether oxygens (including phenoxy) is 2. The van der Waals surface area contributed by atoms with E-state index in [1.807, 2.05) is 32.0 Å². The summed E-state index contributed by atoms with van der Waals surface area (Å²) in [4.78, 5) is 11.9. The summed E-state index contributed by atoms with van der Waals surface area (Å²) in [5.74, 6) is 1.75. The number of methoxy groups -OCH3 is 1. The zero-order chi connectivity index (χ0) is 17.4. The Bertz CT molecular complexity index is 501. The largest absolute Gasteiger partial charge is 0.493 e. The van der Waals surface area contributed by atoms with Crippen LogP contribution in [-0.4, -0.2) is 25.7 Å². The number of hydrogen-bond acceptors (Lipinski definition) is 4. The molecule has 1 rings (SSSR count). The molecule has 0 radical (unpaired) electrons.